The first-order chi connectivity index (χ1) is 8.91. The highest BCUT2D eigenvalue weighted by molar-refractivity contribution is 5.23. The van der Waals surface area contributed by atoms with Gasteiger partial charge in [-0.1, -0.05) is 6.92 Å². The van der Waals surface area contributed by atoms with E-state index in [1.54, 1.807) is 6.92 Å². The van der Waals surface area contributed by atoms with E-state index in [9.17, 15) is 13.6 Å². The minimum absolute atomic E-state index is 0.0297. The number of ether oxygens (including phenoxy) is 2. The zero-order valence-corrected chi connectivity index (χ0v) is 10.5. The van der Waals surface area contributed by atoms with Gasteiger partial charge in [-0.15, -0.1) is 0 Å². The maximum Gasteiger partial charge on any atom is 0.351 e. The molecule has 106 valence electrons. The van der Waals surface area contributed by atoms with Gasteiger partial charge in [-0.05, 0) is 12.5 Å². The minimum atomic E-state index is -3.32. The maximum atomic E-state index is 14.2. The number of hydrogen-bond acceptors (Lipinski definition) is 5. The predicted octanol–water partition coefficient (Wildman–Crippen LogP) is 0.783. The number of aromatic nitrogens is 2. The van der Waals surface area contributed by atoms with Crippen molar-refractivity contribution in [2.45, 2.75) is 37.7 Å². The molecule has 8 heteroatoms. The van der Waals surface area contributed by atoms with Crippen LogP contribution in [0.4, 0.5) is 14.6 Å². The van der Waals surface area contributed by atoms with Crippen molar-refractivity contribution in [3.8, 4) is 0 Å². The van der Waals surface area contributed by atoms with Crippen molar-refractivity contribution in [2.24, 2.45) is 0 Å². The van der Waals surface area contributed by atoms with Crippen LogP contribution in [0, 0.1) is 0 Å². The summed E-state index contributed by atoms with van der Waals surface area (Å²) in [7, 11) is 1.19. The van der Waals surface area contributed by atoms with Crippen LogP contribution in [-0.2, 0) is 9.47 Å². The molecule has 19 heavy (non-hydrogen) atoms. The molecule has 1 fully saturated rings. The lowest BCUT2D eigenvalue weighted by atomic mass is 10.1. The molecule has 1 aromatic rings. The zero-order valence-electron chi connectivity index (χ0n) is 10.5. The molecule has 2 N–H and O–H groups in total. The average Bonchev–Trinajstić information content (AvgIpc) is 2.60. The van der Waals surface area contributed by atoms with Crippen LogP contribution in [0.15, 0.2) is 17.1 Å². The van der Waals surface area contributed by atoms with Crippen LogP contribution in [-0.4, -0.2) is 34.8 Å². The average molecular weight is 275 g/mol. The summed E-state index contributed by atoms with van der Waals surface area (Å²) in [6.07, 6.45) is -2.42. The Balaban J connectivity index is 2.42. The summed E-state index contributed by atoms with van der Waals surface area (Å²) >= 11 is 0. The van der Waals surface area contributed by atoms with Crippen molar-refractivity contribution in [1.82, 2.24) is 9.55 Å². The van der Waals surface area contributed by atoms with Crippen molar-refractivity contribution in [2.75, 3.05) is 12.8 Å². The number of nitrogens with zero attached hydrogens (tertiary/aromatic N) is 2. The first-order valence-electron chi connectivity index (χ1n) is 5.82. The Labute approximate surface area is 108 Å². The van der Waals surface area contributed by atoms with Crippen molar-refractivity contribution in [1.29, 1.82) is 0 Å². The third kappa shape index (κ3) is 2.21. The van der Waals surface area contributed by atoms with E-state index in [4.69, 9.17) is 15.2 Å². The Hall–Kier alpha value is -1.54. The monoisotopic (exact) mass is 275 g/mol. The molecule has 0 amide bonds. The normalized spacial score (nSPS) is 29.6. The van der Waals surface area contributed by atoms with Crippen molar-refractivity contribution in [3.63, 3.8) is 0 Å². The van der Waals surface area contributed by atoms with Gasteiger partial charge in [0.15, 0.2) is 6.10 Å². The summed E-state index contributed by atoms with van der Waals surface area (Å²) in [5.41, 5.74) is 4.44. The maximum absolute atomic E-state index is 14.2. The fourth-order valence-electron chi connectivity index (χ4n) is 2.19. The molecule has 1 saturated heterocycles. The number of halogens is 2. The Kier molecular flexibility index (Phi) is 3.55. The first-order valence-corrected chi connectivity index (χ1v) is 5.82. The number of nitrogen functional groups attached to an aromatic ring is 1. The van der Waals surface area contributed by atoms with Gasteiger partial charge in [-0.25, -0.2) is 4.79 Å². The van der Waals surface area contributed by atoms with Crippen LogP contribution in [0.1, 0.15) is 19.6 Å². The topological polar surface area (TPSA) is 79.4 Å². The van der Waals surface area contributed by atoms with Gasteiger partial charge in [-0.2, -0.15) is 13.8 Å². The van der Waals surface area contributed by atoms with Crippen LogP contribution in [0.3, 0.4) is 0 Å². The zero-order chi connectivity index (χ0) is 14.2. The predicted molar refractivity (Wildman–Crippen MR) is 62.9 cm³/mol. The molecule has 0 bridgehead atoms. The van der Waals surface area contributed by atoms with Gasteiger partial charge in [0.2, 0.25) is 6.23 Å². The fourth-order valence-corrected chi connectivity index (χ4v) is 2.19. The van der Waals surface area contributed by atoms with E-state index in [0.29, 0.717) is 6.42 Å². The summed E-state index contributed by atoms with van der Waals surface area (Å²) in [4.78, 5) is 15.0. The molecule has 0 aromatic carbocycles. The fraction of sp³-hybridized carbons (Fsp3) is 0.636. The standard InChI is InChI=1S/C11H15F2N3O3/c1-3-6-8(18-2)11(12,13)9(19-6)16-5-4-7(14)15-10(16)17/h4-6,8-9H,3H2,1-2H3,(H2,14,15,17). The smallest absolute Gasteiger partial charge is 0.351 e. The van der Waals surface area contributed by atoms with Gasteiger partial charge >= 0.3 is 11.6 Å². The molecule has 0 radical (unpaired) electrons. The van der Waals surface area contributed by atoms with E-state index < -0.39 is 30.0 Å². The van der Waals surface area contributed by atoms with Gasteiger partial charge in [0.25, 0.3) is 0 Å². The van der Waals surface area contributed by atoms with Crippen molar-refractivity contribution >= 4 is 5.82 Å². The Bertz CT molecular complexity index is 520. The third-order valence-electron chi connectivity index (χ3n) is 3.11. The van der Waals surface area contributed by atoms with Crippen molar-refractivity contribution < 1.29 is 18.3 Å². The minimum Gasteiger partial charge on any atom is -0.383 e. The largest absolute Gasteiger partial charge is 0.383 e. The number of rotatable bonds is 3. The molecule has 1 aliphatic heterocycles. The summed E-state index contributed by atoms with van der Waals surface area (Å²) in [6, 6.07) is 1.27. The molecular formula is C11H15F2N3O3. The van der Waals surface area contributed by atoms with Crippen LogP contribution < -0.4 is 11.4 Å². The van der Waals surface area contributed by atoms with Crippen LogP contribution in [0.25, 0.3) is 0 Å². The molecule has 1 aliphatic rings. The number of anilines is 1. The molecule has 1 aromatic heterocycles. The first kappa shape index (κ1) is 13.9. The highest BCUT2D eigenvalue weighted by Crippen LogP contribution is 2.44. The lowest BCUT2D eigenvalue weighted by Crippen LogP contribution is -2.42. The molecule has 3 unspecified atom stereocenters. The van der Waals surface area contributed by atoms with Crippen LogP contribution in [0.2, 0.25) is 0 Å². The van der Waals surface area contributed by atoms with Gasteiger partial charge in [0, 0.05) is 13.3 Å². The Morgan fingerprint density at radius 3 is 2.79 bits per heavy atom. The number of alkyl halides is 2. The summed E-state index contributed by atoms with van der Waals surface area (Å²) in [6.45, 7) is 1.71. The Morgan fingerprint density at radius 2 is 2.32 bits per heavy atom. The lowest BCUT2D eigenvalue weighted by molar-refractivity contribution is -0.147. The van der Waals surface area contributed by atoms with E-state index in [1.165, 1.54) is 13.2 Å². The summed E-state index contributed by atoms with van der Waals surface area (Å²) in [5, 5.41) is 0. The molecule has 0 saturated carbocycles. The molecule has 2 heterocycles. The van der Waals surface area contributed by atoms with Gasteiger partial charge in [0.1, 0.15) is 5.82 Å². The highest BCUT2D eigenvalue weighted by atomic mass is 19.3. The molecule has 0 aliphatic carbocycles. The molecule has 0 spiro atoms. The summed E-state index contributed by atoms with van der Waals surface area (Å²) in [5.74, 6) is -3.35. The quantitative estimate of drug-likeness (QED) is 0.882. The summed E-state index contributed by atoms with van der Waals surface area (Å²) < 4.78 is 39.2. The van der Waals surface area contributed by atoms with Gasteiger partial charge in [-0.3, -0.25) is 4.57 Å². The molecule has 2 rings (SSSR count). The number of hydrogen-bond donors (Lipinski definition) is 1. The second-order valence-corrected chi connectivity index (χ2v) is 4.31. The molecule has 6 nitrogen and oxygen atoms in total. The lowest BCUT2D eigenvalue weighted by Gasteiger charge is -2.22. The molecule has 3 atom stereocenters. The van der Waals surface area contributed by atoms with Crippen LogP contribution >= 0.6 is 0 Å². The number of methoxy groups -OCH3 is 1. The Morgan fingerprint density at radius 1 is 1.63 bits per heavy atom. The second-order valence-electron chi connectivity index (χ2n) is 4.31. The number of nitrogens with two attached hydrogens (primary N) is 1. The van der Waals surface area contributed by atoms with Gasteiger partial charge < -0.3 is 15.2 Å². The SMILES string of the molecule is CCC1OC(n2ccc(N)nc2=O)C(F)(F)C1OC. The van der Waals surface area contributed by atoms with E-state index >= 15 is 0 Å². The van der Waals surface area contributed by atoms with E-state index in [0.717, 1.165) is 10.8 Å². The van der Waals surface area contributed by atoms with Crippen LogP contribution in [0.5, 0.6) is 0 Å². The van der Waals surface area contributed by atoms with Gasteiger partial charge in [0.05, 0.1) is 6.10 Å². The third-order valence-corrected chi connectivity index (χ3v) is 3.11. The van der Waals surface area contributed by atoms with E-state index in [-0.39, 0.29) is 5.82 Å². The van der Waals surface area contributed by atoms with E-state index in [1.807, 2.05) is 0 Å². The molecular weight excluding hydrogens is 260 g/mol. The van der Waals surface area contributed by atoms with Crippen molar-refractivity contribution in [3.05, 3.63) is 22.7 Å². The second kappa shape index (κ2) is 4.86. The van der Waals surface area contributed by atoms with E-state index in [2.05, 4.69) is 4.98 Å². The highest BCUT2D eigenvalue weighted by Gasteiger charge is 2.60.